The summed E-state index contributed by atoms with van der Waals surface area (Å²) in [5.41, 5.74) is 0.228. The lowest BCUT2D eigenvalue weighted by Crippen LogP contribution is -2.38. The third-order valence-electron chi connectivity index (χ3n) is 3.68. The predicted octanol–water partition coefficient (Wildman–Crippen LogP) is 3.10. The summed E-state index contributed by atoms with van der Waals surface area (Å²) < 4.78 is 14.4. The van der Waals surface area contributed by atoms with Crippen molar-refractivity contribution in [1.82, 2.24) is 5.32 Å². The summed E-state index contributed by atoms with van der Waals surface area (Å²) >= 11 is 0. The Morgan fingerprint density at radius 2 is 2.00 bits per heavy atom. The van der Waals surface area contributed by atoms with Crippen LogP contribution in [-0.4, -0.2) is 38.1 Å². The summed E-state index contributed by atoms with van der Waals surface area (Å²) in [5, 5.41) is 2.76. The van der Waals surface area contributed by atoms with Crippen LogP contribution in [-0.2, 0) is 14.2 Å². The second-order valence-corrected chi connectivity index (χ2v) is 7.11. The lowest BCUT2D eigenvalue weighted by atomic mass is 9.74. The Balaban J connectivity index is 2.26. The van der Waals surface area contributed by atoms with Gasteiger partial charge in [-0.2, -0.15) is 0 Å². The molecule has 0 saturated carbocycles. The highest BCUT2D eigenvalue weighted by atomic mass is 16.8. The lowest BCUT2D eigenvalue weighted by Gasteiger charge is -2.34. The van der Waals surface area contributed by atoms with E-state index in [2.05, 4.69) is 44.7 Å². The summed E-state index contributed by atoms with van der Waals surface area (Å²) in [6, 6.07) is 0. The topological polar surface area (TPSA) is 73.9 Å². The van der Waals surface area contributed by atoms with E-state index in [4.69, 9.17) is 9.47 Å². The van der Waals surface area contributed by atoms with E-state index < -0.39 is 18.4 Å². The number of alkyl carbamates (subject to hydrolysis) is 1. The van der Waals surface area contributed by atoms with Gasteiger partial charge in [0.15, 0.2) is 6.10 Å². The van der Waals surface area contributed by atoms with E-state index >= 15 is 0 Å². The molecule has 1 heterocycles. The molecule has 0 aliphatic carbocycles. The molecule has 1 saturated heterocycles. The molecule has 1 unspecified atom stereocenters. The number of carbonyl (C=O) groups is 2. The van der Waals surface area contributed by atoms with Gasteiger partial charge in [-0.25, -0.2) is 9.59 Å². The van der Waals surface area contributed by atoms with E-state index in [1.54, 1.807) is 0 Å². The van der Waals surface area contributed by atoms with Crippen LogP contribution in [0.2, 0.25) is 0 Å². The smallest absolute Gasteiger partial charge is 0.445 e. The molecule has 1 rings (SSSR count). The molecule has 6 heteroatoms. The van der Waals surface area contributed by atoms with Crippen molar-refractivity contribution in [2.45, 2.75) is 53.6 Å². The molecule has 1 amide bonds. The Labute approximate surface area is 126 Å². The average Bonchev–Trinajstić information content (AvgIpc) is 2.79. The van der Waals surface area contributed by atoms with Crippen LogP contribution in [0.3, 0.4) is 0 Å². The van der Waals surface area contributed by atoms with Gasteiger partial charge in [-0.3, -0.25) is 0 Å². The van der Waals surface area contributed by atoms with E-state index in [1.165, 1.54) is 0 Å². The van der Waals surface area contributed by atoms with Crippen LogP contribution < -0.4 is 5.32 Å². The van der Waals surface area contributed by atoms with Gasteiger partial charge in [0.05, 0.1) is 0 Å². The molecule has 1 atom stereocenters. The van der Waals surface area contributed by atoms with E-state index in [9.17, 15) is 9.59 Å². The number of rotatable bonds is 7. The number of nitrogens with one attached hydrogen (secondary N) is 1. The highest BCUT2D eigenvalue weighted by molar-refractivity contribution is 5.67. The molecule has 1 N–H and O–H groups in total. The van der Waals surface area contributed by atoms with Crippen LogP contribution in [0.25, 0.3) is 0 Å². The van der Waals surface area contributed by atoms with Gasteiger partial charge in [0.2, 0.25) is 0 Å². The second-order valence-electron chi connectivity index (χ2n) is 7.11. The zero-order chi connectivity index (χ0) is 16.1. The van der Waals surface area contributed by atoms with E-state index in [-0.39, 0.29) is 24.0 Å². The van der Waals surface area contributed by atoms with Crippen molar-refractivity contribution < 1.29 is 23.8 Å². The van der Waals surface area contributed by atoms with Crippen molar-refractivity contribution in [2.75, 3.05) is 19.8 Å². The number of cyclic esters (lactones) is 2. The van der Waals surface area contributed by atoms with Gasteiger partial charge in [0.1, 0.15) is 13.2 Å². The Kier molecular flexibility index (Phi) is 5.87. The number of ether oxygens (including phenoxy) is 3. The largest absolute Gasteiger partial charge is 0.508 e. The van der Waals surface area contributed by atoms with Gasteiger partial charge in [-0.15, -0.1) is 0 Å². The zero-order valence-electron chi connectivity index (χ0n) is 13.7. The van der Waals surface area contributed by atoms with Gasteiger partial charge < -0.3 is 19.5 Å². The minimum atomic E-state index is -0.716. The van der Waals surface area contributed by atoms with Crippen molar-refractivity contribution in [3.63, 3.8) is 0 Å². The molecule has 122 valence electrons. The summed E-state index contributed by atoms with van der Waals surface area (Å²) in [5.74, 6) is 0. The van der Waals surface area contributed by atoms with Gasteiger partial charge in [-0.1, -0.05) is 41.0 Å². The standard InChI is InChI=1S/C15H27NO5/c1-6-14(2,3)9-15(4,5)10-16-12(17)19-7-11-8-20-13(18)21-11/h11H,6-10H2,1-5H3,(H,16,17). The maximum absolute atomic E-state index is 11.6. The molecule has 21 heavy (non-hydrogen) atoms. The molecule has 1 aliphatic rings. The van der Waals surface area contributed by atoms with Gasteiger partial charge in [0.25, 0.3) is 0 Å². The van der Waals surface area contributed by atoms with Crippen molar-refractivity contribution in [1.29, 1.82) is 0 Å². The molecule has 0 aromatic carbocycles. The Morgan fingerprint density at radius 3 is 2.52 bits per heavy atom. The van der Waals surface area contributed by atoms with Gasteiger partial charge in [0, 0.05) is 6.54 Å². The lowest BCUT2D eigenvalue weighted by molar-refractivity contribution is 0.0705. The first kappa shape index (κ1) is 17.6. The number of amides is 1. The molecule has 1 aliphatic heterocycles. The first-order valence-electron chi connectivity index (χ1n) is 7.38. The Hall–Kier alpha value is -1.46. The van der Waals surface area contributed by atoms with E-state index in [0.29, 0.717) is 6.54 Å². The molecular formula is C15H27NO5. The second kappa shape index (κ2) is 7.00. The van der Waals surface area contributed by atoms with Crippen molar-refractivity contribution in [3.05, 3.63) is 0 Å². The third kappa shape index (κ3) is 6.69. The Morgan fingerprint density at radius 1 is 1.33 bits per heavy atom. The first-order valence-corrected chi connectivity index (χ1v) is 7.38. The summed E-state index contributed by atoms with van der Waals surface area (Å²) in [4.78, 5) is 22.4. The minimum Gasteiger partial charge on any atom is -0.445 e. The maximum atomic E-state index is 11.6. The quantitative estimate of drug-likeness (QED) is 0.731. The van der Waals surface area contributed by atoms with Gasteiger partial charge in [-0.05, 0) is 17.3 Å². The average molecular weight is 301 g/mol. The van der Waals surface area contributed by atoms with Crippen LogP contribution in [0.5, 0.6) is 0 Å². The fourth-order valence-corrected chi connectivity index (χ4v) is 2.46. The first-order chi connectivity index (χ1) is 9.63. The van der Waals surface area contributed by atoms with Crippen LogP contribution in [0, 0.1) is 10.8 Å². The molecule has 6 nitrogen and oxygen atoms in total. The molecule has 0 spiro atoms. The van der Waals surface area contributed by atoms with Crippen molar-refractivity contribution >= 4 is 12.2 Å². The summed E-state index contributed by atoms with van der Waals surface area (Å²) in [6.45, 7) is 11.5. The molecule has 1 fully saturated rings. The SMILES string of the molecule is CCC(C)(C)CC(C)(C)CNC(=O)OCC1COC(=O)O1. The van der Waals surface area contributed by atoms with E-state index in [1.807, 2.05) is 0 Å². The van der Waals surface area contributed by atoms with Crippen LogP contribution >= 0.6 is 0 Å². The Bertz CT molecular complexity index is 378. The van der Waals surface area contributed by atoms with Crippen LogP contribution in [0.4, 0.5) is 9.59 Å². The van der Waals surface area contributed by atoms with Crippen LogP contribution in [0.1, 0.15) is 47.5 Å². The zero-order valence-corrected chi connectivity index (χ0v) is 13.7. The molecule has 0 aromatic rings. The highest BCUT2D eigenvalue weighted by Crippen LogP contribution is 2.35. The monoisotopic (exact) mass is 301 g/mol. The maximum Gasteiger partial charge on any atom is 0.508 e. The molecule has 0 aromatic heterocycles. The fourth-order valence-electron chi connectivity index (χ4n) is 2.46. The minimum absolute atomic E-state index is 0.0124. The number of carbonyl (C=O) groups excluding carboxylic acids is 2. The van der Waals surface area contributed by atoms with Crippen molar-refractivity contribution in [2.24, 2.45) is 10.8 Å². The number of hydrogen-bond acceptors (Lipinski definition) is 5. The fraction of sp³-hybridized carbons (Fsp3) is 0.867. The molecular weight excluding hydrogens is 274 g/mol. The third-order valence-corrected chi connectivity index (χ3v) is 3.68. The van der Waals surface area contributed by atoms with Gasteiger partial charge >= 0.3 is 12.2 Å². The molecule has 0 bridgehead atoms. The molecule has 0 radical (unpaired) electrons. The number of hydrogen-bond donors (Lipinski definition) is 1. The normalized spacial score (nSPS) is 18.9. The summed E-state index contributed by atoms with van der Waals surface area (Å²) in [7, 11) is 0. The van der Waals surface area contributed by atoms with E-state index in [0.717, 1.165) is 12.8 Å². The van der Waals surface area contributed by atoms with Crippen LogP contribution in [0.15, 0.2) is 0 Å². The summed E-state index contributed by atoms with van der Waals surface area (Å²) in [6.07, 6.45) is 0.376. The highest BCUT2D eigenvalue weighted by Gasteiger charge is 2.29. The predicted molar refractivity (Wildman–Crippen MR) is 78.0 cm³/mol. The van der Waals surface area contributed by atoms with Crippen molar-refractivity contribution in [3.8, 4) is 0 Å².